The van der Waals surface area contributed by atoms with Crippen LogP contribution in [-0.2, 0) is 14.8 Å². The number of likely N-dealkylation sites (tertiary alicyclic amines) is 1. The largest absolute Gasteiger partial charge is 0.394 e. The van der Waals surface area contributed by atoms with E-state index in [4.69, 9.17) is 0 Å². The molecule has 28 heavy (non-hydrogen) atoms. The van der Waals surface area contributed by atoms with Gasteiger partial charge in [0.1, 0.15) is 0 Å². The molecule has 2 heterocycles. The molecule has 0 bridgehead atoms. The lowest BCUT2D eigenvalue weighted by molar-refractivity contribution is -0.149. The SMILES string of the molecule is CCC(=O)N1[C@@H]2CN(S(=O)(=O)c3ccccc3C)c3ccccc3[C@@H]2[C@@H]1CO. The van der Waals surface area contributed by atoms with Gasteiger partial charge in [0, 0.05) is 12.3 Å². The predicted octanol–water partition coefficient (Wildman–Crippen LogP) is 2.27. The maximum Gasteiger partial charge on any atom is 0.264 e. The van der Waals surface area contributed by atoms with Gasteiger partial charge in [0.15, 0.2) is 0 Å². The molecule has 0 unspecified atom stereocenters. The summed E-state index contributed by atoms with van der Waals surface area (Å²) in [6.45, 7) is 3.62. The first kappa shape index (κ1) is 19.0. The van der Waals surface area contributed by atoms with Gasteiger partial charge in [-0.05, 0) is 30.2 Å². The van der Waals surface area contributed by atoms with Crippen molar-refractivity contribution < 1.29 is 18.3 Å². The molecule has 1 saturated heterocycles. The summed E-state index contributed by atoms with van der Waals surface area (Å²) >= 11 is 0. The first-order valence-corrected chi connectivity index (χ1v) is 10.9. The molecule has 1 N–H and O–H groups in total. The maximum atomic E-state index is 13.5. The summed E-state index contributed by atoms with van der Waals surface area (Å²) in [7, 11) is -3.78. The molecule has 2 aromatic carbocycles. The van der Waals surface area contributed by atoms with Crippen molar-refractivity contribution in [2.45, 2.75) is 43.2 Å². The number of carbonyl (C=O) groups excluding carboxylic acids is 1. The van der Waals surface area contributed by atoms with Gasteiger partial charge >= 0.3 is 0 Å². The lowest BCUT2D eigenvalue weighted by Crippen LogP contribution is -2.70. The Kier molecular flexibility index (Phi) is 4.67. The molecule has 1 amide bonds. The fourth-order valence-electron chi connectivity index (χ4n) is 4.57. The van der Waals surface area contributed by atoms with Crippen LogP contribution in [0.1, 0.15) is 30.4 Å². The highest BCUT2D eigenvalue weighted by Gasteiger charge is 2.55. The van der Waals surface area contributed by atoms with Crippen LogP contribution < -0.4 is 4.31 Å². The summed E-state index contributed by atoms with van der Waals surface area (Å²) < 4.78 is 28.5. The van der Waals surface area contributed by atoms with Gasteiger partial charge in [-0.1, -0.05) is 43.3 Å². The Balaban J connectivity index is 1.83. The highest BCUT2D eigenvalue weighted by atomic mass is 32.2. The molecule has 1 fully saturated rings. The van der Waals surface area contributed by atoms with Crippen molar-refractivity contribution in [1.82, 2.24) is 4.90 Å². The Hall–Kier alpha value is -2.38. The Morgan fingerprint density at radius 3 is 2.50 bits per heavy atom. The van der Waals surface area contributed by atoms with E-state index in [1.165, 1.54) is 4.31 Å². The van der Waals surface area contributed by atoms with Crippen LogP contribution in [0.15, 0.2) is 53.4 Å². The van der Waals surface area contributed by atoms with Gasteiger partial charge in [-0.3, -0.25) is 9.10 Å². The van der Waals surface area contributed by atoms with Crippen molar-refractivity contribution in [2.24, 2.45) is 0 Å². The lowest BCUT2D eigenvalue weighted by Gasteiger charge is -2.58. The van der Waals surface area contributed by atoms with E-state index in [1.54, 1.807) is 43.0 Å². The first-order chi connectivity index (χ1) is 13.4. The summed E-state index contributed by atoms with van der Waals surface area (Å²) in [6, 6.07) is 13.8. The molecule has 7 heteroatoms. The molecule has 0 radical (unpaired) electrons. The predicted molar refractivity (Wildman–Crippen MR) is 107 cm³/mol. The molecule has 0 spiro atoms. The zero-order chi connectivity index (χ0) is 20.1. The molecule has 2 aliphatic heterocycles. The van der Waals surface area contributed by atoms with Crippen molar-refractivity contribution in [3.8, 4) is 0 Å². The van der Waals surface area contributed by atoms with Crippen LogP contribution in [-0.4, -0.2) is 49.6 Å². The number of aliphatic hydroxyl groups excluding tert-OH is 1. The molecular weight excluding hydrogens is 376 g/mol. The number of sulfonamides is 1. The Morgan fingerprint density at radius 2 is 1.82 bits per heavy atom. The minimum Gasteiger partial charge on any atom is -0.394 e. The highest BCUT2D eigenvalue weighted by molar-refractivity contribution is 7.92. The van der Waals surface area contributed by atoms with Crippen molar-refractivity contribution in [3.05, 3.63) is 59.7 Å². The monoisotopic (exact) mass is 400 g/mol. The fraction of sp³-hybridized carbons (Fsp3) is 0.381. The molecule has 0 aromatic heterocycles. The molecule has 2 aromatic rings. The fourth-order valence-corrected chi connectivity index (χ4v) is 6.31. The van der Waals surface area contributed by atoms with Crippen LogP contribution in [0.25, 0.3) is 0 Å². The number of hydrogen-bond acceptors (Lipinski definition) is 4. The van der Waals surface area contributed by atoms with Gasteiger partial charge < -0.3 is 10.0 Å². The molecule has 0 saturated carbocycles. The van der Waals surface area contributed by atoms with Gasteiger partial charge in [-0.15, -0.1) is 0 Å². The molecular formula is C21H24N2O4S. The number of rotatable bonds is 4. The van der Waals surface area contributed by atoms with Crippen LogP contribution >= 0.6 is 0 Å². The van der Waals surface area contributed by atoms with E-state index in [9.17, 15) is 18.3 Å². The standard InChI is InChI=1S/C21H24N2O4S/c1-3-20(25)23-17-12-22(28(26,27)19-11-7-4-8-14(19)2)16-10-6-5-9-15(16)21(17)18(23)13-24/h4-11,17-18,21,24H,3,12-13H2,1-2H3/t17-,18+,21+/m1/s1. The number of nitrogens with zero attached hydrogens (tertiary/aromatic N) is 2. The van der Waals surface area contributed by atoms with Gasteiger partial charge in [0.2, 0.25) is 5.91 Å². The second kappa shape index (κ2) is 6.90. The summed E-state index contributed by atoms with van der Waals surface area (Å²) in [5, 5.41) is 9.88. The number of benzene rings is 2. The molecule has 4 rings (SSSR count). The number of carbonyl (C=O) groups is 1. The number of hydrogen-bond donors (Lipinski definition) is 1. The first-order valence-electron chi connectivity index (χ1n) is 9.51. The average Bonchev–Trinajstić information content (AvgIpc) is 2.68. The van der Waals surface area contributed by atoms with Crippen molar-refractivity contribution in [1.29, 1.82) is 0 Å². The summed E-state index contributed by atoms with van der Waals surface area (Å²) in [5.41, 5.74) is 2.19. The number of aliphatic hydroxyl groups is 1. The lowest BCUT2D eigenvalue weighted by atomic mass is 9.72. The third-order valence-corrected chi connectivity index (χ3v) is 7.84. The third-order valence-electron chi connectivity index (χ3n) is 5.90. The van der Waals surface area contributed by atoms with E-state index in [1.807, 2.05) is 24.3 Å². The zero-order valence-electron chi connectivity index (χ0n) is 15.9. The Bertz CT molecular complexity index is 1020. The van der Waals surface area contributed by atoms with Gasteiger partial charge in [0.05, 0.1) is 35.8 Å². The second-order valence-corrected chi connectivity index (χ2v) is 9.19. The number of anilines is 1. The highest BCUT2D eigenvalue weighted by Crippen LogP contribution is 2.49. The summed E-state index contributed by atoms with van der Waals surface area (Å²) in [5.74, 6) is -0.118. The molecule has 2 aliphatic rings. The van der Waals surface area contributed by atoms with Crippen LogP contribution in [0, 0.1) is 6.92 Å². The van der Waals surface area contributed by atoms with Crippen LogP contribution in [0.3, 0.4) is 0 Å². The van der Waals surface area contributed by atoms with Gasteiger partial charge in [0.25, 0.3) is 10.0 Å². The molecule has 0 aliphatic carbocycles. The Morgan fingerprint density at radius 1 is 1.14 bits per heavy atom. The minimum absolute atomic E-state index is 0.0555. The second-order valence-electron chi connectivity index (χ2n) is 7.36. The summed E-state index contributed by atoms with van der Waals surface area (Å²) in [4.78, 5) is 14.4. The van der Waals surface area contributed by atoms with Gasteiger partial charge in [-0.2, -0.15) is 0 Å². The van der Waals surface area contributed by atoms with E-state index in [0.717, 1.165) is 5.56 Å². The number of amides is 1. The van der Waals surface area contributed by atoms with Crippen molar-refractivity contribution in [2.75, 3.05) is 17.5 Å². The van der Waals surface area contributed by atoms with Crippen LogP contribution in [0.5, 0.6) is 0 Å². The number of para-hydroxylation sites is 1. The number of aryl methyl sites for hydroxylation is 1. The minimum atomic E-state index is -3.78. The van der Waals surface area contributed by atoms with E-state index < -0.39 is 10.0 Å². The third kappa shape index (κ3) is 2.64. The molecule has 3 atom stereocenters. The van der Waals surface area contributed by atoms with E-state index >= 15 is 0 Å². The van der Waals surface area contributed by atoms with E-state index in [0.29, 0.717) is 17.7 Å². The van der Waals surface area contributed by atoms with Crippen LogP contribution in [0.4, 0.5) is 5.69 Å². The van der Waals surface area contributed by atoms with E-state index in [2.05, 4.69) is 0 Å². The van der Waals surface area contributed by atoms with Crippen LogP contribution in [0.2, 0.25) is 0 Å². The summed E-state index contributed by atoms with van der Waals surface area (Å²) in [6.07, 6.45) is 0.325. The smallest absolute Gasteiger partial charge is 0.264 e. The topological polar surface area (TPSA) is 77.9 Å². The van der Waals surface area contributed by atoms with Gasteiger partial charge in [-0.25, -0.2) is 8.42 Å². The normalized spacial score (nSPS) is 23.6. The quantitative estimate of drug-likeness (QED) is 0.854. The van der Waals surface area contributed by atoms with E-state index in [-0.39, 0.29) is 42.0 Å². The Labute approximate surface area is 165 Å². The number of fused-ring (bicyclic) bond motifs is 3. The maximum absolute atomic E-state index is 13.5. The van der Waals surface area contributed by atoms with Crippen molar-refractivity contribution >= 4 is 21.6 Å². The average molecular weight is 401 g/mol. The molecule has 148 valence electrons. The molecule has 6 nitrogen and oxygen atoms in total. The van der Waals surface area contributed by atoms with Crippen molar-refractivity contribution in [3.63, 3.8) is 0 Å². The zero-order valence-corrected chi connectivity index (χ0v) is 16.8.